The highest BCUT2D eigenvalue weighted by atomic mass is 16.5. The molecular weight excluding hydrogens is 254 g/mol. The summed E-state index contributed by atoms with van der Waals surface area (Å²) in [5.41, 5.74) is 6.80. The van der Waals surface area contributed by atoms with Crippen LogP contribution in [0.25, 0.3) is 0 Å². The Labute approximate surface area is 121 Å². The van der Waals surface area contributed by atoms with Crippen LogP contribution in [-0.4, -0.2) is 25.7 Å². The number of hydrogen-bond donors (Lipinski definition) is 2. The minimum absolute atomic E-state index is 0.276. The minimum Gasteiger partial charge on any atom is -0.493 e. The third-order valence-corrected chi connectivity index (χ3v) is 2.56. The van der Waals surface area contributed by atoms with Crippen LogP contribution in [0, 0.1) is 0 Å². The molecule has 0 unspecified atom stereocenters. The second kappa shape index (κ2) is 8.30. The second-order valence-corrected chi connectivity index (χ2v) is 4.83. The van der Waals surface area contributed by atoms with Crippen LogP contribution in [0.3, 0.4) is 0 Å². The molecule has 0 saturated carbocycles. The molecule has 0 aliphatic rings. The van der Waals surface area contributed by atoms with Crippen LogP contribution >= 0.6 is 0 Å². The van der Waals surface area contributed by atoms with Crippen molar-refractivity contribution in [2.24, 2.45) is 10.7 Å². The number of nitrogens with two attached hydrogens (primary N) is 1. The summed E-state index contributed by atoms with van der Waals surface area (Å²) in [6.45, 7) is 7.30. The highest BCUT2D eigenvalue weighted by Crippen LogP contribution is 2.28. The maximum Gasteiger partial charge on any atom is 0.189 e. The van der Waals surface area contributed by atoms with Crippen molar-refractivity contribution in [1.29, 1.82) is 0 Å². The molecular formula is C15H25N3O2. The summed E-state index contributed by atoms with van der Waals surface area (Å²) < 4.78 is 10.9. The SMILES string of the molecule is CCCOc1ccc(CN=C(N)NC(C)C)cc1OC. The van der Waals surface area contributed by atoms with E-state index in [4.69, 9.17) is 15.2 Å². The van der Waals surface area contributed by atoms with Crippen molar-refractivity contribution in [2.75, 3.05) is 13.7 Å². The van der Waals surface area contributed by atoms with Gasteiger partial charge in [0.05, 0.1) is 20.3 Å². The molecule has 20 heavy (non-hydrogen) atoms. The summed E-state index contributed by atoms with van der Waals surface area (Å²) in [5.74, 6) is 1.93. The van der Waals surface area contributed by atoms with Crippen LogP contribution in [0.2, 0.25) is 0 Å². The van der Waals surface area contributed by atoms with E-state index in [-0.39, 0.29) is 6.04 Å². The molecule has 0 aliphatic heterocycles. The van der Waals surface area contributed by atoms with E-state index in [1.807, 2.05) is 32.0 Å². The Kier molecular flexibility index (Phi) is 6.70. The molecule has 0 atom stereocenters. The fourth-order valence-corrected chi connectivity index (χ4v) is 1.66. The number of nitrogens with one attached hydrogen (secondary N) is 1. The van der Waals surface area contributed by atoms with Gasteiger partial charge in [-0.1, -0.05) is 13.0 Å². The van der Waals surface area contributed by atoms with Crippen molar-refractivity contribution in [3.05, 3.63) is 23.8 Å². The third kappa shape index (κ3) is 5.38. The lowest BCUT2D eigenvalue weighted by molar-refractivity contribution is 0.294. The van der Waals surface area contributed by atoms with Crippen molar-refractivity contribution in [1.82, 2.24) is 5.32 Å². The Balaban J connectivity index is 2.72. The van der Waals surface area contributed by atoms with Crippen molar-refractivity contribution >= 4 is 5.96 Å². The molecule has 5 heteroatoms. The number of methoxy groups -OCH3 is 1. The number of rotatable bonds is 7. The molecule has 0 heterocycles. The first-order valence-electron chi connectivity index (χ1n) is 6.93. The van der Waals surface area contributed by atoms with Crippen LogP contribution in [0.15, 0.2) is 23.2 Å². The van der Waals surface area contributed by atoms with Gasteiger partial charge in [0.2, 0.25) is 0 Å². The van der Waals surface area contributed by atoms with Gasteiger partial charge < -0.3 is 20.5 Å². The van der Waals surface area contributed by atoms with Crippen LogP contribution in [-0.2, 0) is 6.54 Å². The molecule has 5 nitrogen and oxygen atoms in total. The Morgan fingerprint density at radius 3 is 2.70 bits per heavy atom. The number of benzene rings is 1. The molecule has 1 aromatic carbocycles. The number of ether oxygens (including phenoxy) is 2. The highest BCUT2D eigenvalue weighted by Gasteiger charge is 2.05. The van der Waals surface area contributed by atoms with Gasteiger partial charge in [0.15, 0.2) is 17.5 Å². The largest absolute Gasteiger partial charge is 0.493 e. The lowest BCUT2D eigenvalue weighted by Crippen LogP contribution is -2.36. The Morgan fingerprint density at radius 1 is 1.35 bits per heavy atom. The summed E-state index contributed by atoms with van der Waals surface area (Å²) in [6.07, 6.45) is 0.965. The van der Waals surface area contributed by atoms with E-state index in [1.165, 1.54) is 0 Å². The summed E-state index contributed by atoms with van der Waals surface area (Å²) in [5, 5.41) is 3.05. The van der Waals surface area contributed by atoms with Gasteiger partial charge in [-0.05, 0) is 38.0 Å². The van der Waals surface area contributed by atoms with Crippen molar-refractivity contribution < 1.29 is 9.47 Å². The third-order valence-electron chi connectivity index (χ3n) is 2.56. The van der Waals surface area contributed by atoms with Gasteiger partial charge in [0, 0.05) is 6.04 Å². The van der Waals surface area contributed by atoms with E-state index in [1.54, 1.807) is 7.11 Å². The van der Waals surface area contributed by atoms with Gasteiger partial charge in [-0.25, -0.2) is 4.99 Å². The van der Waals surface area contributed by atoms with Gasteiger partial charge in [0.25, 0.3) is 0 Å². The summed E-state index contributed by atoms with van der Waals surface area (Å²) in [7, 11) is 1.63. The number of aliphatic imine (C=N–C) groups is 1. The molecule has 0 radical (unpaired) electrons. The number of hydrogen-bond acceptors (Lipinski definition) is 3. The van der Waals surface area contributed by atoms with E-state index >= 15 is 0 Å². The molecule has 3 N–H and O–H groups in total. The molecule has 1 aromatic rings. The zero-order valence-corrected chi connectivity index (χ0v) is 12.8. The van der Waals surface area contributed by atoms with Crippen LogP contribution in [0.5, 0.6) is 11.5 Å². The summed E-state index contributed by atoms with van der Waals surface area (Å²) in [4.78, 5) is 4.29. The Hall–Kier alpha value is -1.91. The number of nitrogens with zero attached hydrogens (tertiary/aromatic N) is 1. The molecule has 112 valence electrons. The first kappa shape index (κ1) is 16.1. The first-order chi connectivity index (χ1) is 9.56. The molecule has 0 spiro atoms. The maximum absolute atomic E-state index is 5.77. The molecule has 0 amide bonds. The van der Waals surface area contributed by atoms with Crippen molar-refractivity contribution in [3.8, 4) is 11.5 Å². The van der Waals surface area contributed by atoms with Crippen LogP contribution < -0.4 is 20.5 Å². The molecule has 0 fully saturated rings. The maximum atomic E-state index is 5.77. The fourth-order valence-electron chi connectivity index (χ4n) is 1.66. The molecule has 1 rings (SSSR count). The normalized spacial score (nSPS) is 11.6. The first-order valence-corrected chi connectivity index (χ1v) is 6.93. The summed E-state index contributed by atoms with van der Waals surface area (Å²) in [6, 6.07) is 6.08. The van der Waals surface area contributed by atoms with Gasteiger partial charge in [0.1, 0.15) is 0 Å². The summed E-state index contributed by atoms with van der Waals surface area (Å²) >= 11 is 0. The lowest BCUT2D eigenvalue weighted by atomic mass is 10.2. The Bertz CT molecular complexity index is 445. The number of guanidine groups is 1. The Morgan fingerprint density at radius 2 is 2.10 bits per heavy atom. The quantitative estimate of drug-likeness (QED) is 0.593. The van der Waals surface area contributed by atoms with E-state index < -0.39 is 0 Å². The van der Waals surface area contributed by atoms with Crippen LogP contribution in [0.1, 0.15) is 32.8 Å². The van der Waals surface area contributed by atoms with E-state index in [0.717, 1.165) is 23.5 Å². The topological polar surface area (TPSA) is 68.9 Å². The smallest absolute Gasteiger partial charge is 0.189 e. The second-order valence-electron chi connectivity index (χ2n) is 4.83. The van der Waals surface area contributed by atoms with E-state index in [9.17, 15) is 0 Å². The van der Waals surface area contributed by atoms with Gasteiger partial charge in [-0.2, -0.15) is 0 Å². The average molecular weight is 279 g/mol. The minimum atomic E-state index is 0.276. The zero-order valence-electron chi connectivity index (χ0n) is 12.8. The predicted octanol–water partition coefficient (Wildman–Crippen LogP) is 2.30. The molecule has 0 aliphatic carbocycles. The molecule has 0 saturated heterocycles. The molecule has 0 aromatic heterocycles. The highest BCUT2D eigenvalue weighted by molar-refractivity contribution is 5.78. The van der Waals surface area contributed by atoms with Gasteiger partial charge in [-0.3, -0.25) is 0 Å². The predicted molar refractivity (Wildman–Crippen MR) is 82.4 cm³/mol. The standard InChI is InChI=1S/C15H25N3O2/c1-5-8-20-13-7-6-12(9-14(13)19-4)10-17-15(16)18-11(2)3/h6-7,9,11H,5,8,10H2,1-4H3,(H3,16,17,18). The average Bonchev–Trinajstić information content (AvgIpc) is 2.42. The van der Waals surface area contributed by atoms with E-state index in [2.05, 4.69) is 17.2 Å². The fraction of sp³-hybridized carbons (Fsp3) is 0.533. The van der Waals surface area contributed by atoms with E-state index in [0.29, 0.717) is 19.1 Å². The zero-order chi connectivity index (χ0) is 15.0. The van der Waals surface area contributed by atoms with Gasteiger partial charge >= 0.3 is 0 Å². The van der Waals surface area contributed by atoms with Gasteiger partial charge in [-0.15, -0.1) is 0 Å². The monoisotopic (exact) mass is 279 g/mol. The van der Waals surface area contributed by atoms with Crippen LogP contribution in [0.4, 0.5) is 0 Å². The van der Waals surface area contributed by atoms with Crippen molar-refractivity contribution in [3.63, 3.8) is 0 Å². The molecule has 0 bridgehead atoms. The lowest BCUT2D eigenvalue weighted by Gasteiger charge is -2.11. The van der Waals surface area contributed by atoms with Crippen molar-refractivity contribution in [2.45, 2.75) is 39.8 Å².